The summed E-state index contributed by atoms with van der Waals surface area (Å²) in [4.78, 5) is 10.5. The van der Waals surface area contributed by atoms with Crippen molar-refractivity contribution in [3.8, 4) is 5.75 Å². The van der Waals surface area contributed by atoms with Crippen molar-refractivity contribution in [3.63, 3.8) is 0 Å². The van der Waals surface area contributed by atoms with Crippen molar-refractivity contribution in [2.45, 2.75) is 13.2 Å². The summed E-state index contributed by atoms with van der Waals surface area (Å²) in [5.41, 5.74) is 1.59. The molecule has 0 aliphatic heterocycles. The minimum absolute atomic E-state index is 0.149. The fourth-order valence-corrected chi connectivity index (χ4v) is 2.07. The van der Waals surface area contributed by atoms with E-state index in [-0.39, 0.29) is 19.0 Å². The molecule has 0 radical (unpaired) electrons. The van der Waals surface area contributed by atoms with Crippen LogP contribution in [0.2, 0.25) is 5.02 Å². The molecule has 2 aromatic rings. The zero-order valence-electron chi connectivity index (χ0n) is 11.7. The predicted octanol–water partition coefficient (Wildman–Crippen LogP) is 3.23. The molecule has 0 aliphatic rings. The first kappa shape index (κ1) is 16.3. The first-order valence-electron chi connectivity index (χ1n) is 6.63. The first-order chi connectivity index (χ1) is 10.5. The van der Waals surface area contributed by atoms with Crippen molar-refractivity contribution in [2.75, 3.05) is 6.54 Å². The average Bonchev–Trinajstić information content (AvgIpc) is 2.48. The number of ether oxygens (including phenoxy) is 1. The molecule has 4 nitrogen and oxygen atoms in total. The molecule has 116 valence electrons. The molecule has 0 bridgehead atoms. The van der Waals surface area contributed by atoms with Crippen LogP contribution in [-0.2, 0) is 17.9 Å². The van der Waals surface area contributed by atoms with Crippen LogP contribution in [0.15, 0.2) is 42.5 Å². The van der Waals surface area contributed by atoms with Crippen molar-refractivity contribution in [3.05, 3.63) is 64.4 Å². The Kier molecular flexibility index (Phi) is 5.75. The van der Waals surface area contributed by atoms with E-state index >= 15 is 0 Å². The van der Waals surface area contributed by atoms with Crippen molar-refractivity contribution >= 4 is 17.6 Å². The summed E-state index contributed by atoms with van der Waals surface area (Å²) in [6, 6.07) is 11.2. The van der Waals surface area contributed by atoms with E-state index in [4.69, 9.17) is 21.4 Å². The van der Waals surface area contributed by atoms with E-state index in [2.05, 4.69) is 5.32 Å². The van der Waals surface area contributed by atoms with Gasteiger partial charge < -0.3 is 15.2 Å². The Hall–Kier alpha value is -2.11. The van der Waals surface area contributed by atoms with Gasteiger partial charge in [0.2, 0.25) is 0 Å². The van der Waals surface area contributed by atoms with Gasteiger partial charge in [0.05, 0.1) is 6.54 Å². The highest BCUT2D eigenvalue weighted by Gasteiger charge is 2.06. The lowest BCUT2D eigenvalue weighted by molar-refractivity contribution is -0.136. The second-order valence-electron chi connectivity index (χ2n) is 4.66. The Morgan fingerprint density at radius 1 is 1.23 bits per heavy atom. The van der Waals surface area contributed by atoms with Crippen LogP contribution in [0.4, 0.5) is 4.39 Å². The van der Waals surface area contributed by atoms with Gasteiger partial charge in [-0.1, -0.05) is 23.7 Å². The normalized spacial score (nSPS) is 10.5. The smallest absolute Gasteiger partial charge is 0.317 e. The van der Waals surface area contributed by atoms with E-state index in [1.807, 2.05) is 0 Å². The number of benzene rings is 2. The van der Waals surface area contributed by atoms with Gasteiger partial charge in [0.15, 0.2) is 0 Å². The van der Waals surface area contributed by atoms with E-state index in [0.29, 0.717) is 17.3 Å². The lowest BCUT2D eigenvalue weighted by Crippen LogP contribution is -2.22. The number of nitrogens with one attached hydrogen (secondary N) is 1. The minimum Gasteiger partial charge on any atom is -0.489 e. The third kappa shape index (κ3) is 5.02. The Morgan fingerprint density at radius 3 is 2.64 bits per heavy atom. The van der Waals surface area contributed by atoms with E-state index in [1.165, 1.54) is 12.1 Å². The quantitative estimate of drug-likeness (QED) is 0.821. The molecule has 0 amide bonds. The van der Waals surface area contributed by atoms with Gasteiger partial charge in [0.25, 0.3) is 0 Å². The van der Waals surface area contributed by atoms with Gasteiger partial charge in [-0.15, -0.1) is 0 Å². The summed E-state index contributed by atoms with van der Waals surface area (Å²) in [7, 11) is 0. The molecule has 0 saturated heterocycles. The topological polar surface area (TPSA) is 58.6 Å². The molecule has 2 aromatic carbocycles. The molecule has 0 spiro atoms. The predicted molar refractivity (Wildman–Crippen MR) is 81.5 cm³/mol. The van der Waals surface area contributed by atoms with Crippen molar-refractivity contribution in [2.24, 2.45) is 0 Å². The molecule has 2 N–H and O–H groups in total. The molecule has 0 unspecified atom stereocenters. The number of hydrogen-bond acceptors (Lipinski definition) is 3. The number of carboxylic acids is 1. The Balaban J connectivity index is 2.02. The van der Waals surface area contributed by atoms with Gasteiger partial charge in [0.1, 0.15) is 18.2 Å². The molecule has 0 heterocycles. The fraction of sp³-hybridized carbons (Fsp3) is 0.188. The molecule has 2 rings (SSSR count). The highest BCUT2D eigenvalue weighted by Crippen LogP contribution is 2.24. The fourth-order valence-electron chi connectivity index (χ4n) is 1.87. The number of carbonyl (C=O) groups is 1. The third-order valence-corrected chi connectivity index (χ3v) is 3.16. The van der Waals surface area contributed by atoms with Gasteiger partial charge in [-0.2, -0.15) is 0 Å². The molecule has 0 atom stereocenters. The molecular formula is C16H15ClFNO3. The summed E-state index contributed by atoms with van der Waals surface area (Å²) in [5, 5.41) is 12.0. The zero-order valence-corrected chi connectivity index (χ0v) is 12.4. The zero-order chi connectivity index (χ0) is 15.9. The van der Waals surface area contributed by atoms with Gasteiger partial charge in [0, 0.05) is 17.1 Å². The van der Waals surface area contributed by atoms with Crippen LogP contribution < -0.4 is 10.1 Å². The van der Waals surface area contributed by atoms with E-state index in [1.54, 1.807) is 30.3 Å². The monoisotopic (exact) mass is 323 g/mol. The van der Waals surface area contributed by atoms with E-state index < -0.39 is 5.97 Å². The SMILES string of the molecule is O=C(O)CNCc1cc(Cl)ccc1OCc1ccc(F)cc1. The Morgan fingerprint density at radius 2 is 1.95 bits per heavy atom. The maximum absolute atomic E-state index is 12.9. The van der Waals surface area contributed by atoms with Gasteiger partial charge in [-0.3, -0.25) is 4.79 Å². The lowest BCUT2D eigenvalue weighted by atomic mass is 10.2. The number of carboxylic acid groups (broad SMARTS) is 1. The molecule has 0 aromatic heterocycles. The maximum Gasteiger partial charge on any atom is 0.317 e. The average molecular weight is 324 g/mol. The number of aliphatic carboxylic acids is 1. The molecule has 0 fully saturated rings. The Labute approximate surface area is 132 Å². The molecule has 22 heavy (non-hydrogen) atoms. The van der Waals surface area contributed by atoms with Crippen LogP contribution in [-0.4, -0.2) is 17.6 Å². The third-order valence-electron chi connectivity index (χ3n) is 2.92. The lowest BCUT2D eigenvalue weighted by Gasteiger charge is -2.12. The number of halogens is 2. The molecule has 0 aliphatic carbocycles. The van der Waals surface area contributed by atoms with Gasteiger partial charge in [-0.25, -0.2) is 4.39 Å². The minimum atomic E-state index is -0.934. The van der Waals surface area contributed by atoms with Crippen LogP contribution in [0.3, 0.4) is 0 Å². The van der Waals surface area contributed by atoms with Crippen LogP contribution in [0.1, 0.15) is 11.1 Å². The second kappa shape index (κ2) is 7.77. The van der Waals surface area contributed by atoms with Crippen LogP contribution in [0.5, 0.6) is 5.75 Å². The summed E-state index contributed by atoms with van der Waals surface area (Å²) < 4.78 is 18.6. The van der Waals surface area contributed by atoms with E-state index in [9.17, 15) is 9.18 Å². The molecule has 0 saturated carbocycles. The number of hydrogen-bond donors (Lipinski definition) is 2. The van der Waals surface area contributed by atoms with Crippen LogP contribution in [0, 0.1) is 5.82 Å². The summed E-state index contributed by atoms with van der Waals surface area (Å²) in [5.74, 6) is -0.628. The van der Waals surface area contributed by atoms with Crippen molar-refractivity contribution < 1.29 is 19.0 Å². The standard InChI is InChI=1S/C16H15ClFNO3/c17-13-3-6-15(12(7-13)8-19-9-16(20)21)22-10-11-1-4-14(18)5-2-11/h1-7,19H,8-10H2,(H,20,21). The second-order valence-corrected chi connectivity index (χ2v) is 5.10. The van der Waals surface area contributed by atoms with E-state index in [0.717, 1.165) is 11.1 Å². The molecular weight excluding hydrogens is 309 g/mol. The van der Waals surface area contributed by atoms with Gasteiger partial charge in [-0.05, 0) is 35.9 Å². The maximum atomic E-state index is 12.9. The van der Waals surface area contributed by atoms with Crippen LogP contribution in [0.25, 0.3) is 0 Å². The summed E-state index contributed by atoms with van der Waals surface area (Å²) >= 11 is 5.95. The Bertz CT molecular complexity index is 646. The largest absolute Gasteiger partial charge is 0.489 e. The van der Waals surface area contributed by atoms with Crippen molar-refractivity contribution in [1.29, 1.82) is 0 Å². The highest BCUT2D eigenvalue weighted by molar-refractivity contribution is 6.30. The highest BCUT2D eigenvalue weighted by atomic mass is 35.5. The van der Waals surface area contributed by atoms with Crippen molar-refractivity contribution in [1.82, 2.24) is 5.32 Å². The van der Waals surface area contributed by atoms with Crippen LogP contribution >= 0.6 is 11.6 Å². The van der Waals surface area contributed by atoms with Gasteiger partial charge >= 0.3 is 5.97 Å². The summed E-state index contributed by atoms with van der Waals surface area (Å²) in [6.45, 7) is 0.462. The summed E-state index contributed by atoms with van der Waals surface area (Å²) in [6.07, 6.45) is 0. The number of rotatable bonds is 7. The first-order valence-corrected chi connectivity index (χ1v) is 7.00. The molecule has 6 heteroatoms.